The van der Waals surface area contributed by atoms with E-state index in [2.05, 4.69) is 16.0 Å². The topological polar surface area (TPSA) is 95.5 Å². The maximum Gasteiger partial charge on any atom is 0.260 e. The Morgan fingerprint density at radius 2 is 1.88 bits per heavy atom. The minimum Gasteiger partial charge on any atom is -0.490 e. The minimum absolute atomic E-state index is 0.0165. The van der Waals surface area contributed by atoms with Gasteiger partial charge >= 0.3 is 0 Å². The molecule has 2 saturated heterocycles. The number of nitrogens with zero attached hydrogens (tertiary/aromatic N) is 4. The third-order valence-corrected chi connectivity index (χ3v) is 6.30. The molecular formula is C24H28FN5O2. The average Bonchev–Trinajstić information content (AvgIpc) is 2.81. The zero-order chi connectivity index (χ0) is 22.6. The Hall–Kier alpha value is -3.18. The fourth-order valence-electron chi connectivity index (χ4n) is 4.39. The smallest absolute Gasteiger partial charge is 0.260 e. The third-order valence-electron chi connectivity index (χ3n) is 6.30. The predicted molar refractivity (Wildman–Crippen MR) is 118 cm³/mol. The number of piperidine rings is 2. The molecule has 7 nitrogen and oxygen atoms in total. The molecule has 0 aliphatic carbocycles. The quantitative estimate of drug-likeness (QED) is 0.773. The number of rotatable bonds is 5. The van der Waals surface area contributed by atoms with E-state index >= 15 is 4.39 Å². The Morgan fingerprint density at radius 3 is 2.50 bits per heavy atom. The summed E-state index contributed by atoms with van der Waals surface area (Å²) in [6.07, 6.45) is 3.39. The number of nitrogen functional groups attached to an aromatic ring is 1. The van der Waals surface area contributed by atoms with Gasteiger partial charge in [-0.2, -0.15) is 5.26 Å². The zero-order valence-electron chi connectivity index (χ0n) is 18.0. The molecule has 0 unspecified atom stereocenters. The van der Waals surface area contributed by atoms with Gasteiger partial charge in [0.15, 0.2) is 5.67 Å². The zero-order valence-corrected chi connectivity index (χ0v) is 18.0. The normalized spacial score (nSPS) is 19.3. The lowest BCUT2D eigenvalue weighted by Gasteiger charge is -2.40. The SMILES string of the molecule is N#Cc1ccc(OC2CCN(C(=O)C3(F)CCN(Cc4ccnc(N)c4)CC3)CC2)cc1. The van der Waals surface area contributed by atoms with E-state index in [0.29, 0.717) is 62.7 Å². The molecule has 2 aromatic rings. The van der Waals surface area contributed by atoms with E-state index < -0.39 is 5.67 Å². The number of anilines is 1. The molecule has 2 aliphatic rings. The molecule has 0 atom stereocenters. The van der Waals surface area contributed by atoms with Crippen molar-refractivity contribution < 1.29 is 13.9 Å². The molecular weight excluding hydrogens is 409 g/mol. The van der Waals surface area contributed by atoms with Crippen molar-refractivity contribution in [2.45, 2.75) is 44.0 Å². The second kappa shape index (κ2) is 9.53. The van der Waals surface area contributed by atoms with Gasteiger partial charge in [0.2, 0.25) is 0 Å². The van der Waals surface area contributed by atoms with E-state index in [4.69, 9.17) is 15.7 Å². The summed E-state index contributed by atoms with van der Waals surface area (Å²) >= 11 is 0. The summed E-state index contributed by atoms with van der Waals surface area (Å²) in [4.78, 5) is 20.8. The van der Waals surface area contributed by atoms with Gasteiger partial charge in [0.25, 0.3) is 5.91 Å². The lowest BCUT2D eigenvalue weighted by atomic mass is 9.90. The summed E-state index contributed by atoms with van der Waals surface area (Å²) in [5.74, 6) is 0.794. The van der Waals surface area contributed by atoms with Crippen LogP contribution in [0.25, 0.3) is 0 Å². The monoisotopic (exact) mass is 437 g/mol. The van der Waals surface area contributed by atoms with E-state index in [9.17, 15) is 4.79 Å². The van der Waals surface area contributed by atoms with Gasteiger partial charge in [0.05, 0.1) is 11.6 Å². The lowest BCUT2D eigenvalue weighted by molar-refractivity contribution is -0.149. The van der Waals surface area contributed by atoms with Crippen molar-refractivity contribution in [1.82, 2.24) is 14.8 Å². The van der Waals surface area contributed by atoms with Crippen molar-refractivity contribution in [2.24, 2.45) is 0 Å². The maximum atomic E-state index is 15.5. The number of halogens is 1. The first-order chi connectivity index (χ1) is 15.4. The van der Waals surface area contributed by atoms with Crippen LogP contribution in [0.5, 0.6) is 5.75 Å². The van der Waals surface area contributed by atoms with Gasteiger partial charge in [-0.3, -0.25) is 9.69 Å². The number of carbonyl (C=O) groups excluding carboxylic acids is 1. The van der Waals surface area contributed by atoms with E-state index in [1.54, 1.807) is 35.4 Å². The van der Waals surface area contributed by atoms with Crippen LogP contribution in [0.4, 0.5) is 10.2 Å². The Labute approximate surface area is 187 Å². The molecule has 0 bridgehead atoms. The van der Waals surface area contributed by atoms with E-state index in [-0.39, 0.29) is 24.9 Å². The van der Waals surface area contributed by atoms with Gasteiger partial charge in [-0.25, -0.2) is 9.37 Å². The molecule has 168 valence electrons. The lowest BCUT2D eigenvalue weighted by Crippen LogP contribution is -2.54. The number of aromatic nitrogens is 1. The molecule has 32 heavy (non-hydrogen) atoms. The van der Waals surface area contributed by atoms with Crippen molar-refractivity contribution in [2.75, 3.05) is 31.9 Å². The van der Waals surface area contributed by atoms with Crippen LogP contribution in [0.15, 0.2) is 42.6 Å². The van der Waals surface area contributed by atoms with Crippen molar-refractivity contribution in [3.05, 3.63) is 53.7 Å². The summed E-state index contributed by atoms with van der Waals surface area (Å²) in [7, 11) is 0. The molecule has 0 radical (unpaired) electrons. The van der Waals surface area contributed by atoms with Crippen LogP contribution < -0.4 is 10.5 Å². The average molecular weight is 438 g/mol. The molecule has 0 spiro atoms. The summed E-state index contributed by atoms with van der Waals surface area (Å²) in [6, 6.07) is 12.8. The van der Waals surface area contributed by atoms with E-state index in [1.807, 2.05) is 12.1 Å². The highest BCUT2D eigenvalue weighted by Gasteiger charge is 2.44. The van der Waals surface area contributed by atoms with Gasteiger partial charge < -0.3 is 15.4 Å². The number of nitriles is 1. The fraction of sp³-hybridized carbons (Fsp3) is 0.458. The van der Waals surface area contributed by atoms with Crippen molar-refractivity contribution in [3.8, 4) is 11.8 Å². The van der Waals surface area contributed by atoms with Crippen molar-refractivity contribution in [3.63, 3.8) is 0 Å². The number of carbonyl (C=O) groups is 1. The van der Waals surface area contributed by atoms with Crippen LogP contribution in [0.3, 0.4) is 0 Å². The first-order valence-electron chi connectivity index (χ1n) is 11.0. The van der Waals surface area contributed by atoms with Gasteiger partial charge in [-0.05, 0) is 42.0 Å². The maximum absolute atomic E-state index is 15.5. The molecule has 2 aliphatic heterocycles. The molecule has 8 heteroatoms. The number of ether oxygens (including phenoxy) is 1. The Kier molecular flexibility index (Phi) is 6.56. The van der Waals surface area contributed by atoms with Gasteiger partial charge in [0.1, 0.15) is 17.7 Å². The number of nitrogens with two attached hydrogens (primary N) is 1. The highest BCUT2D eigenvalue weighted by Crippen LogP contribution is 2.31. The molecule has 2 fully saturated rings. The molecule has 3 heterocycles. The van der Waals surface area contributed by atoms with Gasteiger partial charge in [-0.15, -0.1) is 0 Å². The first kappa shape index (κ1) is 22.0. The summed E-state index contributed by atoms with van der Waals surface area (Å²) in [5, 5.41) is 8.88. The summed E-state index contributed by atoms with van der Waals surface area (Å²) in [5.41, 5.74) is 5.56. The number of likely N-dealkylation sites (tertiary alicyclic amines) is 2. The number of benzene rings is 1. The number of amides is 1. The molecule has 1 amide bonds. The van der Waals surface area contributed by atoms with Crippen molar-refractivity contribution >= 4 is 11.7 Å². The van der Waals surface area contributed by atoms with Crippen LogP contribution in [0.2, 0.25) is 0 Å². The number of alkyl halides is 1. The summed E-state index contributed by atoms with van der Waals surface area (Å²) in [6.45, 7) is 2.72. The molecule has 1 aromatic heterocycles. The van der Waals surface area contributed by atoms with Crippen LogP contribution in [0.1, 0.15) is 36.8 Å². The van der Waals surface area contributed by atoms with Crippen LogP contribution in [-0.4, -0.2) is 58.6 Å². The number of pyridine rings is 1. The highest BCUT2D eigenvalue weighted by molar-refractivity contribution is 5.85. The second-order valence-corrected chi connectivity index (χ2v) is 8.58. The van der Waals surface area contributed by atoms with Gasteiger partial charge in [-0.1, -0.05) is 0 Å². The van der Waals surface area contributed by atoms with Crippen LogP contribution in [0, 0.1) is 11.3 Å². The number of hydrogen-bond acceptors (Lipinski definition) is 6. The van der Waals surface area contributed by atoms with Gasteiger partial charge in [0, 0.05) is 64.6 Å². The largest absolute Gasteiger partial charge is 0.490 e. The fourth-order valence-corrected chi connectivity index (χ4v) is 4.39. The third kappa shape index (κ3) is 5.17. The van der Waals surface area contributed by atoms with Crippen molar-refractivity contribution in [1.29, 1.82) is 5.26 Å². The standard InChI is InChI=1S/C24H28FN5O2/c25-24(8-13-29(14-9-24)17-19-5-10-28-22(27)15-19)23(31)30-11-6-21(7-12-30)32-20-3-1-18(16-26)2-4-20/h1-5,10,15,21H,6-9,11-14,17H2,(H2,27,28). The molecule has 0 saturated carbocycles. The Balaban J connectivity index is 1.25. The van der Waals surface area contributed by atoms with E-state index in [0.717, 1.165) is 5.56 Å². The van der Waals surface area contributed by atoms with E-state index in [1.165, 1.54) is 0 Å². The Morgan fingerprint density at radius 1 is 1.19 bits per heavy atom. The van der Waals surface area contributed by atoms with Crippen LogP contribution in [-0.2, 0) is 11.3 Å². The molecule has 2 N–H and O–H groups in total. The molecule has 1 aromatic carbocycles. The van der Waals surface area contributed by atoms with Crippen LogP contribution >= 0.6 is 0 Å². The first-order valence-corrected chi connectivity index (χ1v) is 11.0. The highest BCUT2D eigenvalue weighted by atomic mass is 19.1. The molecule has 4 rings (SSSR count). The number of hydrogen-bond donors (Lipinski definition) is 1. The second-order valence-electron chi connectivity index (χ2n) is 8.58. The Bertz CT molecular complexity index is 975. The predicted octanol–water partition coefficient (Wildman–Crippen LogP) is 2.91. The minimum atomic E-state index is -1.80. The summed E-state index contributed by atoms with van der Waals surface area (Å²) < 4.78 is 21.5.